The van der Waals surface area contributed by atoms with Crippen LogP contribution in [-0.4, -0.2) is 0 Å². The molecule has 11 rings (SSSR count). The molecule has 2 aliphatic carbocycles. The van der Waals surface area contributed by atoms with E-state index >= 15 is 0 Å². The van der Waals surface area contributed by atoms with E-state index in [4.69, 9.17) is 0 Å². The molecule has 0 saturated heterocycles. The quantitative estimate of drug-likeness (QED) is 0.158. The first-order valence-corrected chi connectivity index (χ1v) is 18.2. The lowest BCUT2D eigenvalue weighted by Gasteiger charge is -2.21. The maximum atomic E-state index is 13.8. The predicted molar refractivity (Wildman–Crippen MR) is 214 cm³/mol. The maximum Gasteiger partial charge on any atom is 0.416 e. The fourth-order valence-electron chi connectivity index (χ4n) is 9.33. The molecule has 6 heteroatoms. The Kier molecular flexibility index (Phi) is 6.69. The van der Waals surface area contributed by atoms with Crippen LogP contribution < -0.4 is 0 Å². The summed E-state index contributed by atoms with van der Waals surface area (Å²) in [5.41, 5.74) is 11.7. The second-order valence-corrected chi connectivity index (χ2v) is 14.5. The van der Waals surface area contributed by atoms with Gasteiger partial charge in [-0.15, -0.1) is 0 Å². The van der Waals surface area contributed by atoms with Crippen LogP contribution in [0.2, 0.25) is 0 Å². The Balaban J connectivity index is 1.22. The van der Waals surface area contributed by atoms with Gasteiger partial charge in [0.25, 0.3) is 0 Å². The van der Waals surface area contributed by atoms with Gasteiger partial charge in [0.05, 0.1) is 11.1 Å². The Morgan fingerprint density at radius 1 is 0.250 bits per heavy atom. The first-order valence-electron chi connectivity index (χ1n) is 18.2. The van der Waals surface area contributed by atoms with Gasteiger partial charge in [0.2, 0.25) is 0 Å². The van der Waals surface area contributed by atoms with Crippen LogP contribution in [0.3, 0.4) is 0 Å². The highest BCUT2D eigenvalue weighted by atomic mass is 19.4. The van der Waals surface area contributed by atoms with Crippen molar-refractivity contribution in [3.05, 3.63) is 169 Å². The van der Waals surface area contributed by atoms with Crippen LogP contribution in [0.25, 0.3) is 110 Å². The van der Waals surface area contributed by atoms with Crippen molar-refractivity contribution in [1.29, 1.82) is 0 Å². The zero-order chi connectivity index (χ0) is 38.1. The zero-order valence-electron chi connectivity index (χ0n) is 29.3. The Bertz CT molecular complexity index is 2990. The number of fused-ring (bicyclic) bond motifs is 7. The van der Waals surface area contributed by atoms with Crippen molar-refractivity contribution in [1.82, 2.24) is 0 Å². The van der Waals surface area contributed by atoms with Gasteiger partial charge in [-0.25, -0.2) is 0 Å². The molecule has 268 valence electrons. The van der Waals surface area contributed by atoms with Crippen molar-refractivity contribution in [2.24, 2.45) is 0 Å². The van der Waals surface area contributed by atoms with Crippen molar-refractivity contribution in [2.75, 3.05) is 0 Å². The Hall–Kier alpha value is -6.66. The van der Waals surface area contributed by atoms with E-state index in [0.717, 1.165) is 95.7 Å². The standard InChI is InChI=1S/C50H26F6/c51-49(52,53)29-19-15-27(16-20-29)43-38-9-3-4-10-39(38)44(28-17-21-30(22-18-28)50(54,55)56)48-42-26-24-34(37-13-6-14-41(46(37)42)47(43)48)33-23-25-40-32-8-2-1-7-31(32)35-11-5-12-36(33)45(35)40/h1-26H. The lowest BCUT2D eigenvalue weighted by Crippen LogP contribution is -2.04. The van der Waals surface area contributed by atoms with Gasteiger partial charge in [0.1, 0.15) is 0 Å². The normalized spacial score (nSPS) is 12.8. The van der Waals surface area contributed by atoms with Crippen LogP contribution in [0.5, 0.6) is 0 Å². The van der Waals surface area contributed by atoms with Crippen molar-refractivity contribution < 1.29 is 26.3 Å². The highest BCUT2D eigenvalue weighted by Gasteiger charge is 2.34. The van der Waals surface area contributed by atoms with Crippen LogP contribution in [0.15, 0.2) is 158 Å². The van der Waals surface area contributed by atoms with Crippen molar-refractivity contribution in [2.45, 2.75) is 12.4 Å². The first kappa shape index (κ1) is 32.7. The highest BCUT2D eigenvalue weighted by Crippen LogP contribution is 2.59. The molecular formula is C50H26F6. The van der Waals surface area contributed by atoms with E-state index in [-0.39, 0.29) is 0 Å². The van der Waals surface area contributed by atoms with Crippen LogP contribution in [-0.2, 0) is 12.4 Å². The molecule has 0 aromatic heterocycles. The fraction of sp³-hybridized carbons (Fsp3) is 0.0400. The number of hydrogen-bond acceptors (Lipinski definition) is 0. The molecule has 0 amide bonds. The molecule has 9 aromatic carbocycles. The largest absolute Gasteiger partial charge is 0.416 e. The maximum absolute atomic E-state index is 13.8. The monoisotopic (exact) mass is 740 g/mol. The average molecular weight is 741 g/mol. The molecule has 0 radical (unpaired) electrons. The van der Waals surface area contributed by atoms with Crippen LogP contribution in [0, 0.1) is 0 Å². The van der Waals surface area contributed by atoms with E-state index in [1.807, 2.05) is 36.4 Å². The predicted octanol–water partition coefficient (Wildman–Crippen LogP) is 15.5. The first-order chi connectivity index (χ1) is 27.1. The van der Waals surface area contributed by atoms with E-state index in [0.29, 0.717) is 11.1 Å². The number of benzene rings is 9. The molecule has 0 N–H and O–H groups in total. The summed E-state index contributed by atoms with van der Waals surface area (Å²) in [5.74, 6) is 0. The summed E-state index contributed by atoms with van der Waals surface area (Å²) < 4.78 is 82.7. The minimum absolute atomic E-state index is 0.613. The van der Waals surface area contributed by atoms with E-state index in [2.05, 4.69) is 72.8 Å². The lowest BCUT2D eigenvalue weighted by molar-refractivity contribution is -0.138. The molecule has 0 bridgehead atoms. The van der Waals surface area contributed by atoms with E-state index < -0.39 is 23.5 Å². The molecule has 0 nitrogen and oxygen atoms in total. The lowest BCUT2D eigenvalue weighted by atomic mass is 9.82. The summed E-state index contributed by atoms with van der Waals surface area (Å²) in [7, 11) is 0. The van der Waals surface area contributed by atoms with E-state index in [1.54, 1.807) is 0 Å². The summed E-state index contributed by atoms with van der Waals surface area (Å²) in [6, 6.07) is 47.8. The Labute approximate surface area is 316 Å². The molecule has 0 atom stereocenters. The molecule has 0 spiro atoms. The third-order valence-electron chi connectivity index (χ3n) is 11.6. The topological polar surface area (TPSA) is 0 Å². The summed E-state index contributed by atoms with van der Waals surface area (Å²) in [6.07, 6.45) is -9.00. The summed E-state index contributed by atoms with van der Waals surface area (Å²) >= 11 is 0. The Morgan fingerprint density at radius 3 is 1.07 bits per heavy atom. The van der Waals surface area contributed by atoms with Crippen molar-refractivity contribution in [3.8, 4) is 77.9 Å². The van der Waals surface area contributed by atoms with Gasteiger partial charge in [-0.2, -0.15) is 26.3 Å². The second-order valence-electron chi connectivity index (χ2n) is 14.5. The molecule has 9 aromatic rings. The third-order valence-corrected chi connectivity index (χ3v) is 11.6. The molecule has 0 aliphatic heterocycles. The van der Waals surface area contributed by atoms with Gasteiger partial charge in [0, 0.05) is 0 Å². The Morgan fingerprint density at radius 2 is 0.589 bits per heavy atom. The smallest absolute Gasteiger partial charge is 0.166 e. The third kappa shape index (κ3) is 4.56. The summed E-state index contributed by atoms with van der Waals surface area (Å²) in [5, 5.41) is 5.92. The molecule has 0 unspecified atom stereocenters. The number of rotatable bonds is 3. The summed E-state index contributed by atoms with van der Waals surface area (Å²) in [4.78, 5) is 0. The zero-order valence-corrected chi connectivity index (χ0v) is 29.3. The molecular weight excluding hydrogens is 715 g/mol. The van der Waals surface area contributed by atoms with Crippen molar-refractivity contribution in [3.63, 3.8) is 0 Å². The molecule has 0 heterocycles. The minimum atomic E-state index is -4.50. The molecule has 0 fully saturated rings. The minimum Gasteiger partial charge on any atom is -0.166 e. The average Bonchev–Trinajstić information content (AvgIpc) is 3.71. The van der Waals surface area contributed by atoms with E-state index in [9.17, 15) is 26.3 Å². The van der Waals surface area contributed by atoms with Crippen LogP contribution in [0.4, 0.5) is 26.3 Å². The van der Waals surface area contributed by atoms with Gasteiger partial charge in [0.15, 0.2) is 0 Å². The van der Waals surface area contributed by atoms with E-state index in [1.165, 1.54) is 51.9 Å². The van der Waals surface area contributed by atoms with Gasteiger partial charge in [-0.05, 0) is 134 Å². The fourth-order valence-corrected chi connectivity index (χ4v) is 9.33. The number of halogens is 6. The van der Waals surface area contributed by atoms with Gasteiger partial charge >= 0.3 is 12.4 Å². The summed E-state index contributed by atoms with van der Waals surface area (Å²) in [6.45, 7) is 0. The molecule has 2 aliphatic rings. The van der Waals surface area contributed by atoms with Crippen LogP contribution >= 0.6 is 0 Å². The molecule has 56 heavy (non-hydrogen) atoms. The van der Waals surface area contributed by atoms with Crippen LogP contribution in [0.1, 0.15) is 11.1 Å². The SMILES string of the molecule is FC(F)(F)c1ccc(-c2c3c(c(-c4ccc(C(F)(F)F)cc4)c4ccccc24)-c2ccc(-c4ccc5c6c(cccc46)-c4ccccc4-5)c4cccc-3c24)cc1. The second kappa shape index (κ2) is 11.4. The van der Waals surface area contributed by atoms with Gasteiger partial charge in [-0.3, -0.25) is 0 Å². The molecule has 0 saturated carbocycles. The highest BCUT2D eigenvalue weighted by molar-refractivity contribution is 6.29. The van der Waals surface area contributed by atoms with Crippen molar-refractivity contribution >= 4 is 32.3 Å². The number of alkyl halides is 6. The van der Waals surface area contributed by atoms with Gasteiger partial charge in [-0.1, -0.05) is 133 Å². The number of hydrogen-bond donors (Lipinski definition) is 0. The van der Waals surface area contributed by atoms with Gasteiger partial charge < -0.3 is 0 Å².